The van der Waals surface area contributed by atoms with Gasteiger partial charge in [-0.2, -0.15) is 0 Å². The Morgan fingerprint density at radius 2 is 2.21 bits per heavy atom. The van der Waals surface area contributed by atoms with Crippen LogP contribution in [0.1, 0.15) is 11.7 Å². The van der Waals surface area contributed by atoms with Crippen LogP contribution in [0.15, 0.2) is 22.7 Å². The van der Waals surface area contributed by atoms with Gasteiger partial charge in [0.25, 0.3) is 5.69 Å². The van der Waals surface area contributed by atoms with Crippen molar-refractivity contribution in [3.8, 4) is 0 Å². The summed E-state index contributed by atoms with van der Waals surface area (Å²) in [6.07, 6.45) is -0.721. The van der Waals surface area contributed by atoms with E-state index in [1.165, 1.54) is 6.07 Å². The molecule has 14 heavy (non-hydrogen) atoms. The van der Waals surface area contributed by atoms with E-state index in [1.807, 2.05) is 0 Å². The summed E-state index contributed by atoms with van der Waals surface area (Å²) in [7, 11) is 0. The minimum Gasteiger partial charge on any atom is -0.388 e. The molecule has 0 aliphatic rings. The third kappa shape index (κ3) is 2.52. The zero-order chi connectivity index (χ0) is 10.7. The number of nitro groups is 1. The summed E-state index contributed by atoms with van der Waals surface area (Å²) < 4.78 is 0.410. The highest BCUT2D eigenvalue weighted by molar-refractivity contribution is 9.10. The van der Waals surface area contributed by atoms with E-state index in [0.717, 1.165) is 0 Å². The molecule has 1 atom stereocenters. The van der Waals surface area contributed by atoms with Gasteiger partial charge in [0.2, 0.25) is 0 Å². The van der Waals surface area contributed by atoms with E-state index in [9.17, 15) is 15.2 Å². The lowest BCUT2D eigenvalue weighted by molar-refractivity contribution is -0.385. The molecule has 4 nitrogen and oxygen atoms in total. The predicted molar refractivity (Wildman–Crippen MR) is 59.6 cm³/mol. The molecule has 0 fully saturated rings. The molecule has 6 heteroatoms. The van der Waals surface area contributed by atoms with E-state index < -0.39 is 11.0 Å². The number of nitro benzene ring substituents is 1. The highest BCUT2D eigenvalue weighted by Gasteiger charge is 2.15. The van der Waals surface area contributed by atoms with Crippen molar-refractivity contribution < 1.29 is 10.0 Å². The van der Waals surface area contributed by atoms with Gasteiger partial charge >= 0.3 is 0 Å². The van der Waals surface area contributed by atoms with Crippen LogP contribution < -0.4 is 0 Å². The Bertz CT molecular complexity index is 356. The van der Waals surface area contributed by atoms with Crippen molar-refractivity contribution in [1.82, 2.24) is 0 Å². The van der Waals surface area contributed by atoms with Crippen LogP contribution in [-0.2, 0) is 0 Å². The number of aliphatic hydroxyl groups excluding tert-OH is 1. The monoisotopic (exact) mass is 323 g/mol. The Balaban J connectivity index is 3.12. The topological polar surface area (TPSA) is 63.4 Å². The summed E-state index contributed by atoms with van der Waals surface area (Å²) >= 11 is 6.17. The summed E-state index contributed by atoms with van der Waals surface area (Å²) in [4.78, 5) is 10.1. The number of nitrogens with zero attached hydrogens (tertiary/aromatic N) is 1. The summed E-state index contributed by atoms with van der Waals surface area (Å²) in [5, 5.41) is 20.4. The molecule has 1 aromatic rings. The lowest BCUT2D eigenvalue weighted by Crippen LogP contribution is -1.99. The zero-order valence-electron chi connectivity index (χ0n) is 6.98. The van der Waals surface area contributed by atoms with Crippen LogP contribution in [0.5, 0.6) is 0 Å². The Kier molecular flexibility index (Phi) is 4.03. The number of rotatable bonds is 3. The van der Waals surface area contributed by atoms with Crippen LogP contribution >= 0.6 is 31.9 Å². The van der Waals surface area contributed by atoms with Crippen molar-refractivity contribution in [2.75, 3.05) is 5.33 Å². The molecule has 0 heterocycles. The van der Waals surface area contributed by atoms with Gasteiger partial charge in [0.1, 0.15) is 0 Å². The molecule has 0 amide bonds. The smallest absolute Gasteiger partial charge is 0.283 e. The summed E-state index contributed by atoms with van der Waals surface area (Å²) in [6.45, 7) is 0. The molecule has 0 aromatic heterocycles. The molecule has 0 aliphatic carbocycles. The first kappa shape index (κ1) is 11.6. The van der Waals surface area contributed by atoms with Crippen molar-refractivity contribution >= 4 is 37.5 Å². The second-order valence-corrected chi connectivity index (χ2v) is 4.14. The molecule has 0 saturated carbocycles. The average Bonchev–Trinajstić information content (AvgIpc) is 2.17. The van der Waals surface area contributed by atoms with Crippen molar-refractivity contribution in [3.05, 3.63) is 38.3 Å². The molecular weight excluding hydrogens is 318 g/mol. The third-order valence-corrected chi connectivity index (χ3v) is 2.98. The lowest BCUT2D eigenvalue weighted by Gasteiger charge is -2.06. The summed E-state index contributed by atoms with van der Waals surface area (Å²) in [6, 6.07) is 4.55. The van der Waals surface area contributed by atoms with Crippen molar-refractivity contribution in [2.45, 2.75) is 6.10 Å². The molecule has 0 saturated heterocycles. The van der Waals surface area contributed by atoms with Crippen LogP contribution in [-0.4, -0.2) is 15.4 Å². The maximum Gasteiger partial charge on any atom is 0.283 e. The van der Waals surface area contributed by atoms with Gasteiger partial charge in [0.15, 0.2) is 0 Å². The average molecular weight is 325 g/mol. The fourth-order valence-corrected chi connectivity index (χ4v) is 1.73. The van der Waals surface area contributed by atoms with E-state index in [4.69, 9.17) is 0 Å². The third-order valence-electron chi connectivity index (χ3n) is 1.70. The van der Waals surface area contributed by atoms with Crippen LogP contribution in [0.4, 0.5) is 5.69 Å². The van der Waals surface area contributed by atoms with Gasteiger partial charge in [-0.1, -0.05) is 22.0 Å². The molecule has 0 aliphatic heterocycles. The molecule has 0 radical (unpaired) electrons. The second-order valence-electron chi connectivity index (χ2n) is 2.64. The Morgan fingerprint density at radius 3 is 2.71 bits per heavy atom. The maximum atomic E-state index is 10.6. The second kappa shape index (κ2) is 4.86. The van der Waals surface area contributed by atoms with E-state index in [0.29, 0.717) is 15.4 Å². The fourth-order valence-electron chi connectivity index (χ4n) is 0.966. The van der Waals surface area contributed by atoms with Gasteiger partial charge in [-0.25, -0.2) is 0 Å². The molecule has 76 valence electrons. The number of benzene rings is 1. The first-order chi connectivity index (χ1) is 6.56. The Hall–Kier alpha value is -0.460. The van der Waals surface area contributed by atoms with Gasteiger partial charge in [0, 0.05) is 11.4 Å². The standard InChI is InChI=1S/C8H7Br2NO3/c9-4-8(12)5-1-2-6(10)7(3-5)11(13)14/h1-3,8,12H,4H2/t8-/m0/s1. The van der Waals surface area contributed by atoms with Crippen molar-refractivity contribution in [1.29, 1.82) is 0 Å². The Labute approximate surface area is 97.3 Å². The molecular formula is C8H7Br2NO3. The van der Waals surface area contributed by atoms with E-state index >= 15 is 0 Å². The van der Waals surface area contributed by atoms with Crippen LogP contribution in [0.2, 0.25) is 0 Å². The van der Waals surface area contributed by atoms with Crippen LogP contribution in [0, 0.1) is 10.1 Å². The predicted octanol–water partition coefficient (Wildman–Crippen LogP) is 2.79. The number of hydrogen-bond acceptors (Lipinski definition) is 3. The van der Waals surface area contributed by atoms with Gasteiger partial charge in [-0.3, -0.25) is 10.1 Å². The minimum absolute atomic E-state index is 0.0394. The van der Waals surface area contributed by atoms with Gasteiger partial charge in [-0.15, -0.1) is 0 Å². The molecule has 1 N–H and O–H groups in total. The first-order valence-electron chi connectivity index (χ1n) is 3.74. The van der Waals surface area contributed by atoms with E-state index in [2.05, 4.69) is 31.9 Å². The van der Waals surface area contributed by atoms with Crippen LogP contribution in [0.25, 0.3) is 0 Å². The quantitative estimate of drug-likeness (QED) is 0.528. The fraction of sp³-hybridized carbons (Fsp3) is 0.250. The minimum atomic E-state index is -0.721. The Morgan fingerprint density at radius 1 is 1.57 bits per heavy atom. The van der Waals surface area contributed by atoms with Gasteiger partial charge in [0.05, 0.1) is 15.5 Å². The van der Waals surface area contributed by atoms with Crippen molar-refractivity contribution in [3.63, 3.8) is 0 Å². The van der Waals surface area contributed by atoms with Gasteiger partial charge in [-0.05, 0) is 27.6 Å². The molecule has 0 bridgehead atoms. The maximum absolute atomic E-state index is 10.6. The molecule has 1 rings (SSSR count). The van der Waals surface area contributed by atoms with Crippen LogP contribution in [0.3, 0.4) is 0 Å². The van der Waals surface area contributed by atoms with E-state index in [-0.39, 0.29) is 5.69 Å². The largest absolute Gasteiger partial charge is 0.388 e. The molecule has 0 spiro atoms. The number of aliphatic hydroxyl groups is 1. The number of halogens is 2. The normalized spacial score (nSPS) is 12.5. The molecule has 1 aromatic carbocycles. The van der Waals surface area contributed by atoms with Gasteiger partial charge < -0.3 is 5.11 Å². The van der Waals surface area contributed by atoms with Crippen molar-refractivity contribution in [2.24, 2.45) is 0 Å². The SMILES string of the molecule is O=[N+]([O-])c1cc([C@@H](O)CBr)ccc1Br. The molecule has 0 unspecified atom stereocenters. The number of hydrogen-bond donors (Lipinski definition) is 1. The highest BCUT2D eigenvalue weighted by Crippen LogP contribution is 2.28. The summed E-state index contributed by atoms with van der Waals surface area (Å²) in [5.74, 6) is 0. The first-order valence-corrected chi connectivity index (χ1v) is 5.65. The highest BCUT2D eigenvalue weighted by atomic mass is 79.9. The van der Waals surface area contributed by atoms with E-state index in [1.54, 1.807) is 12.1 Å². The lowest BCUT2D eigenvalue weighted by atomic mass is 10.1. The number of alkyl halides is 1. The zero-order valence-corrected chi connectivity index (χ0v) is 10.2. The summed E-state index contributed by atoms with van der Waals surface area (Å²) in [5.41, 5.74) is 0.485.